The molecule has 0 aromatic heterocycles. The molecule has 0 amide bonds. The monoisotopic (exact) mass is 290 g/mol. The molecule has 0 aliphatic heterocycles. The zero-order valence-corrected chi connectivity index (χ0v) is 13.9. The van der Waals surface area contributed by atoms with Crippen molar-refractivity contribution in [1.82, 2.24) is 0 Å². The Morgan fingerprint density at radius 2 is 1.67 bits per heavy atom. The van der Waals surface area contributed by atoms with Gasteiger partial charge in [0.05, 0.1) is 0 Å². The molecule has 0 aromatic rings. The van der Waals surface area contributed by atoms with Crippen LogP contribution in [0.4, 0.5) is 0 Å². The third-order valence-electron chi connectivity index (χ3n) is 5.37. The Bertz CT molecular complexity index is 337. The molecule has 21 heavy (non-hydrogen) atoms. The Kier molecular flexibility index (Phi) is 7.65. The first kappa shape index (κ1) is 16.9. The average molecular weight is 290 g/mol. The lowest BCUT2D eigenvalue weighted by Crippen LogP contribution is -1.88. The lowest BCUT2D eigenvalue weighted by atomic mass is 10.1. The molecule has 2 saturated carbocycles. The van der Waals surface area contributed by atoms with E-state index in [0.717, 1.165) is 55.8 Å². The summed E-state index contributed by atoms with van der Waals surface area (Å²) in [6, 6.07) is 0. The third kappa shape index (κ3) is 6.88. The molecule has 0 saturated heterocycles. The van der Waals surface area contributed by atoms with Gasteiger partial charge in [0.25, 0.3) is 0 Å². The number of rotatable bonds is 11. The van der Waals surface area contributed by atoms with E-state index in [-0.39, 0.29) is 0 Å². The van der Waals surface area contributed by atoms with E-state index in [1.165, 1.54) is 44.9 Å². The Labute approximate surface area is 131 Å². The van der Waals surface area contributed by atoms with Gasteiger partial charge in [-0.25, -0.2) is 0 Å². The van der Waals surface area contributed by atoms with Gasteiger partial charge in [0, 0.05) is 19.4 Å². The molecule has 2 rings (SSSR count). The van der Waals surface area contributed by atoms with Crippen LogP contribution in [0.25, 0.3) is 0 Å². The summed E-state index contributed by atoms with van der Waals surface area (Å²) in [5.74, 6) is 10.8. The quantitative estimate of drug-likeness (QED) is 0.411. The lowest BCUT2D eigenvalue weighted by molar-refractivity contribution is 0.283. The maximum atomic E-state index is 8.70. The summed E-state index contributed by atoms with van der Waals surface area (Å²) in [7, 11) is 0. The van der Waals surface area contributed by atoms with Crippen molar-refractivity contribution < 1.29 is 5.11 Å². The Balaban J connectivity index is 1.43. The van der Waals surface area contributed by atoms with Gasteiger partial charge in [0.2, 0.25) is 0 Å². The second-order valence-corrected chi connectivity index (χ2v) is 7.34. The maximum absolute atomic E-state index is 8.70. The fourth-order valence-corrected chi connectivity index (χ4v) is 3.64. The highest BCUT2D eigenvalue weighted by Gasteiger charge is 2.44. The van der Waals surface area contributed by atoms with E-state index in [9.17, 15) is 0 Å². The fraction of sp³-hybridized carbons (Fsp3) is 0.900. The van der Waals surface area contributed by atoms with E-state index in [0.29, 0.717) is 6.61 Å². The van der Waals surface area contributed by atoms with E-state index < -0.39 is 0 Å². The molecule has 2 unspecified atom stereocenters. The first-order valence-electron chi connectivity index (χ1n) is 9.41. The van der Waals surface area contributed by atoms with Crippen molar-refractivity contribution in [3.63, 3.8) is 0 Å². The van der Waals surface area contributed by atoms with Crippen LogP contribution in [0.15, 0.2) is 0 Å². The van der Waals surface area contributed by atoms with Crippen molar-refractivity contribution in [1.29, 1.82) is 0 Å². The van der Waals surface area contributed by atoms with E-state index in [4.69, 9.17) is 5.11 Å². The summed E-state index contributed by atoms with van der Waals surface area (Å²) in [4.78, 5) is 0. The van der Waals surface area contributed by atoms with Crippen molar-refractivity contribution >= 4 is 0 Å². The lowest BCUT2D eigenvalue weighted by Gasteiger charge is -1.99. The second-order valence-electron chi connectivity index (χ2n) is 7.34. The zero-order valence-electron chi connectivity index (χ0n) is 13.9. The van der Waals surface area contributed by atoms with Gasteiger partial charge in [-0.3, -0.25) is 0 Å². The summed E-state index contributed by atoms with van der Waals surface area (Å²) in [5, 5.41) is 8.70. The number of aliphatic hydroxyl groups excluding tert-OH is 1. The van der Waals surface area contributed by atoms with E-state index in [1.807, 2.05) is 0 Å². The van der Waals surface area contributed by atoms with Crippen molar-refractivity contribution in [2.45, 2.75) is 84.0 Å². The van der Waals surface area contributed by atoms with Gasteiger partial charge >= 0.3 is 0 Å². The van der Waals surface area contributed by atoms with Crippen LogP contribution in [0.5, 0.6) is 0 Å². The second kappa shape index (κ2) is 9.52. The van der Waals surface area contributed by atoms with Crippen LogP contribution in [0.3, 0.4) is 0 Å². The summed E-state index contributed by atoms with van der Waals surface area (Å²) in [6.45, 7) is 2.63. The minimum atomic E-state index is 0.331. The predicted octanol–water partition coefficient (Wildman–Crippen LogP) is 5.18. The van der Waals surface area contributed by atoms with Gasteiger partial charge in [-0.15, -0.1) is 11.8 Å². The van der Waals surface area contributed by atoms with Crippen LogP contribution < -0.4 is 0 Å². The van der Waals surface area contributed by atoms with Crippen LogP contribution in [0, 0.1) is 35.5 Å². The molecule has 1 heteroatoms. The molecule has 0 bridgehead atoms. The molecule has 2 fully saturated rings. The van der Waals surface area contributed by atoms with Crippen molar-refractivity contribution in [3.8, 4) is 11.8 Å². The normalized spacial score (nSPS) is 29.8. The van der Waals surface area contributed by atoms with Gasteiger partial charge < -0.3 is 5.11 Å². The minimum absolute atomic E-state index is 0.331. The van der Waals surface area contributed by atoms with Crippen molar-refractivity contribution in [2.24, 2.45) is 23.7 Å². The van der Waals surface area contributed by atoms with Crippen molar-refractivity contribution in [3.05, 3.63) is 0 Å². The molecular weight excluding hydrogens is 256 g/mol. The number of hydrogen-bond acceptors (Lipinski definition) is 1. The third-order valence-corrected chi connectivity index (χ3v) is 5.37. The topological polar surface area (TPSA) is 20.2 Å². The standard InChI is InChI=1S/C20H34O/c1-2-3-8-11-17-14-19(17)16-20-15-18(20)12-9-6-4-5-7-10-13-21/h17-21H,2-5,7-8,10-16H2,1H3/t17?,18-,19?,20-/m1/s1. The molecule has 0 aromatic carbocycles. The average Bonchev–Trinajstić information content (AvgIpc) is 3.39. The van der Waals surface area contributed by atoms with Crippen LogP contribution >= 0.6 is 0 Å². The van der Waals surface area contributed by atoms with Gasteiger partial charge in [-0.1, -0.05) is 39.0 Å². The zero-order chi connectivity index (χ0) is 14.9. The first-order valence-corrected chi connectivity index (χ1v) is 9.41. The summed E-state index contributed by atoms with van der Waals surface area (Å²) in [5.41, 5.74) is 0. The Morgan fingerprint density at radius 3 is 2.48 bits per heavy atom. The molecule has 0 spiro atoms. The maximum Gasteiger partial charge on any atom is 0.0431 e. The molecule has 2 aliphatic rings. The summed E-state index contributed by atoms with van der Waals surface area (Å²) in [6.07, 6.45) is 15.7. The number of hydrogen-bond donors (Lipinski definition) is 1. The van der Waals surface area contributed by atoms with Gasteiger partial charge in [-0.2, -0.15) is 0 Å². The van der Waals surface area contributed by atoms with Crippen molar-refractivity contribution in [2.75, 3.05) is 6.61 Å². The van der Waals surface area contributed by atoms with E-state index >= 15 is 0 Å². The van der Waals surface area contributed by atoms with E-state index in [2.05, 4.69) is 18.8 Å². The highest BCUT2D eigenvalue weighted by atomic mass is 16.2. The molecule has 1 N–H and O–H groups in total. The predicted molar refractivity (Wildman–Crippen MR) is 89.9 cm³/mol. The molecule has 0 heterocycles. The number of unbranched alkanes of at least 4 members (excludes halogenated alkanes) is 5. The Hall–Kier alpha value is -0.480. The SMILES string of the molecule is CCCCCC1CC1C[C@H]1C[C@H]1CC#CCCCCCO. The highest BCUT2D eigenvalue weighted by molar-refractivity contribution is 5.05. The van der Waals surface area contributed by atoms with Crippen LogP contribution in [0.1, 0.15) is 84.0 Å². The van der Waals surface area contributed by atoms with Gasteiger partial charge in [0.15, 0.2) is 0 Å². The Morgan fingerprint density at radius 1 is 0.857 bits per heavy atom. The highest BCUT2D eigenvalue weighted by Crippen LogP contribution is 2.54. The summed E-state index contributed by atoms with van der Waals surface area (Å²) >= 11 is 0. The number of aliphatic hydroxyl groups is 1. The molecule has 0 radical (unpaired) electrons. The fourth-order valence-electron chi connectivity index (χ4n) is 3.64. The summed E-state index contributed by atoms with van der Waals surface area (Å²) < 4.78 is 0. The molecule has 2 aliphatic carbocycles. The van der Waals surface area contributed by atoms with Crippen LogP contribution in [0.2, 0.25) is 0 Å². The molecule has 120 valence electrons. The largest absolute Gasteiger partial charge is 0.396 e. The van der Waals surface area contributed by atoms with Crippen LogP contribution in [-0.4, -0.2) is 11.7 Å². The van der Waals surface area contributed by atoms with Crippen LogP contribution in [-0.2, 0) is 0 Å². The van der Waals surface area contributed by atoms with Gasteiger partial charge in [-0.05, 0) is 55.8 Å². The smallest absolute Gasteiger partial charge is 0.0431 e. The first-order chi connectivity index (χ1) is 10.3. The van der Waals surface area contributed by atoms with Gasteiger partial charge in [0.1, 0.15) is 0 Å². The molecule has 4 atom stereocenters. The molecule has 1 nitrogen and oxygen atoms in total. The molecular formula is C20H34O. The minimum Gasteiger partial charge on any atom is -0.396 e. The van der Waals surface area contributed by atoms with E-state index in [1.54, 1.807) is 0 Å².